The van der Waals surface area contributed by atoms with Gasteiger partial charge < -0.3 is 41.4 Å². The van der Waals surface area contributed by atoms with E-state index in [1.807, 2.05) is 44.2 Å². The van der Waals surface area contributed by atoms with Crippen LogP contribution in [0.3, 0.4) is 0 Å². The zero-order valence-corrected chi connectivity index (χ0v) is 45.9. The van der Waals surface area contributed by atoms with Gasteiger partial charge in [-0.3, -0.25) is 58.0 Å². The van der Waals surface area contributed by atoms with Gasteiger partial charge in [0.2, 0.25) is 41.4 Å². The van der Waals surface area contributed by atoms with Crippen LogP contribution in [0.1, 0.15) is 144 Å². The highest BCUT2D eigenvalue weighted by Gasteiger charge is 2.46. The number of nitrogens with one attached hydrogen (secondary N) is 7. The lowest BCUT2D eigenvalue weighted by atomic mass is 9.96. The van der Waals surface area contributed by atoms with Crippen molar-refractivity contribution >= 4 is 70.9 Å². The van der Waals surface area contributed by atoms with Crippen LogP contribution in [-0.4, -0.2) is 122 Å². The molecule has 80 heavy (non-hydrogen) atoms. The van der Waals surface area contributed by atoms with Crippen LogP contribution in [0, 0.1) is 17.8 Å². The summed E-state index contributed by atoms with van der Waals surface area (Å²) in [6.07, 6.45) is 9.46. The zero-order chi connectivity index (χ0) is 57.9. The molecule has 0 radical (unpaired) electrons. The molecular formula is C56H73N11O13. The molecule has 3 aliphatic rings. The van der Waals surface area contributed by atoms with Crippen molar-refractivity contribution in [3.8, 4) is 0 Å². The van der Waals surface area contributed by atoms with E-state index in [-0.39, 0.29) is 79.9 Å². The van der Waals surface area contributed by atoms with Crippen molar-refractivity contribution in [2.75, 3.05) is 11.9 Å². The first-order valence-corrected chi connectivity index (χ1v) is 27.3. The number of nitrogens with zero attached hydrogens (tertiary/aromatic N) is 4. The van der Waals surface area contributed by atoms with Gasteiger partial charge in [-0.1, -0.05) is 101 Å². The summed E-state index contributed by atoms with van der Waals surface area (Å²) in [5.74, 6) is -6.39. The topological polar surface area (TPSA) is 324 Å². The molecule has 7 N–H and O–H groups in total. The highest BCUT2D eigenvalue weighted by Crippen LogP contribution is 2.32. The number of aromatic nitrogens is 3. The number of anilines is 1. The van der Waals surface area contributed by atoms with Crippen LogP contribution >= 0.6 is 0 Å². The fourth-order valence-corrected chi connectivity index (χ4v) is 9.43. The number of rotatable bonds is 29. The number of ether oxygens (including phenoxy) is 2. The minimum atomic E-state index is -1.13. The number of alkyl carbamates (subject to hydrolysis) is 1. The Morgan fingerprint density at radius 1 is 0.762 bits per heavy atom. The molecule has 2 aromatic carbocycles. The number of benzene rings is 2. The van der Waals surface area contributed by atoms with Crippen molar-refractivity contribution in [2.45, 2.75) is 162 Å². The average Bonchev–Trinajstić information content (AvgIpc) is 4.32. The minimum absolute atomic E-state index is 0.000503. The molecule has 0 saturated carbocycles. The molecule has 3 aromatic rings. The van der Waals surface area contributed by atoms with Gasteiger partial charge in [0.1, 0.15) is 43.1 Å². The summed E-state index contributed by atoms with van der Waals surface area (Å²) < 4.78 is 12.3. The van der Waals surface area contributed by atoms with Crippen LogP contribution < -0.4 is 37.2 Å². The summed E-state index contributed by atoms with van der Waals surface area (Å²) in [6, 6.07) is 8.54. The number of unbranched alkanes of at least 4 members (excludes halogenated alkanes) is 5. The second kappa shape index (κ2) is 29.6. The fraction of sp³-hybridized carbons (Fsp3) is 0.518. The molecule has 0 aliphatic carbocycles. The Labute approximate surface area is 464 Å². The predicted octanol–water partition coefficient (Wildman–Crippen LogP) is 3.65. The number of hydrogen-bond acceptors (Lipinski definition) is 15. The number of amides is 10. The summed E-state index contributed by atoms with van der Waals surface area (Å²) in [5, 5.41) is 26.7. The van der Waals surface area contributed by atoms with Crippen molar-refractivity contribution in [1.29, 1.82) is 0 Å². The lowest BCUT2D eigenvalue weighted by Crippen LogP contribution is -2.58. The lowest BCUT2D eigenvalue weighted by Gasteiger charge is -2.28. The fourth-order valence-electron chi connectivity index (χ4n) is 9.43. The number of aryl methyl sites for hydroxylation is 1. The Hall–Kier alpha value is -8.31. The third-order valence-electron chi connectivity index (χ3n) is 13.8. The summed E-state index contributed by atoms with van der Waals surface area (Å²) in [5.41, 5.74) is 1.47. The van der Waals surface area contributed by atoms with Crippen LogP contribution in [0.5, 0.6) is 0 Å². The number of imide groups is 2. The molecule has 6 rings (SSSR count). The quantitative estimate of drug-likeness (QED) is 0.0226. The lowest BCUT2D eigenvalue weighted by molar-refractivity contribution is -0.139. The van der Waals surface area contributed by atoms with E-state index in [4.69, 9.17) is 9.47 Å². The van der Waals surface area contributed by atoms with Gasteiger partial charge >= 0.3 is 12.1 Å². The van der Waals surface area contributed by atoms with Crippen molar-refractivity contribution in [3.05, 3.63) is 89.3 Å². The first kappa shape index (κ1) is 60.9. The van der Waals surface area contributed by atoms with Gasteiger partial charge in [0.15, 0.2) is 0 Å². The van der Waals surface area contributed by atoms with Crippen molar-refractivity contribution in [2.24, 2.45) is 17.8 Å². The number of piperidine rings is 1. The van der Waals surface area contributed by atoms with E-state index in [1.165, 1.54) is 31.2 Å². The van der Waals surface area contributed by atoms with Gasteiger partial charge in [0.05, 0.1) is 23.0 Å². The van der Waals surface area contributed by atoms with Gasteiger partial charge in [-0.2, -0.15) is 0 Å². The molecule has 24 nitrogen and oxygen atoms in total. The number of hydrogen-bond donors (Lipinski definition) is 7. The van der Waals surface area contributed by atoms with Crippen molar-refractivity contribution in [3.63, 3.8) is 0 Å². The molecule has 2 fully saturated rings. The molecule has 2 saturated heterocycles. The number of carbonyl (C=O) groups is 11. The molecule has 1 aromatic heterocycles. The summed E-state index contributed by atoms with van der Waals surface area (Å²) in [7, 11) is 0. The van der Waals surface area contributed by atoms with Crippen molar-refractivity contribution in [1.82, 2.24) is 51.8 Å². The average molecular weight is 1110 g/mol. The van der Waals surface area contributed by atoms with Gasteiger partial charge in [-0.25, -0.2) is 9.59 Å². The molecule has 0 bridgehead atoms. The smallest absolute Gasteiger partial charge is 0.408 e. The van der Waals surface area contributed by atoms with Crippen molar-refractivity contribution < 1.29 is 62.2 Å². The summed E-state index contributed by atoms with van der Waals surface area (Å²) >= 11 is 0. The number of carbonyl (C=O) groups excluding carboxylic acids is 11. The molecule has 10 amide bonds. The normalized spacial score (nSPS) is 17.5. The van der Waals surface area contributed by atoms with E-state index in [9.17, 15) is 52.7 Å². The van der Waals surface area contributed by atoms with Crippen LogP contribution in [0.4, 0.5) is 10.5 Å². The van der Waals surface area contributed by atoms with E-state index in [1.54, 1.807) is 30.8 Å². The third kappa shape index (κ3) is 17.9. The molecule has 1 unspecified atom stereocenters. The second-order valence-electron chi connectivity index (χ2n) is 21.0. The molecule has 430 valence electrons. The molecule has 4 heterocycles. The number of esters is 1. The van der Waals surface area contributed by atoms with Gasteiger partial charge in [-0.15, -0.1) is 5.10 Å². The van der Waals surface area contributed by atoms with Gasteiger partial charge in [-0.05, 0) is 75.0 Å². The highest BCUT2D eigenvalue weighted by molar-refractivity contribution is 6.26. The molecule has 0 spiro atoms. The molecule has 3 aliphatic heterocycles. The third-order valence-corrected chi connectivity index (χ3v) is 13.8. The summed E-state index contributed by atoms with van der Waals surface area (Å²) in [6.45, 7) is 9.51. The van der Waals surface area contributed by atoms with Crippen LogP contribution in [0.25, 0.3) is 0 Å². The zero-order valence-electron chi connectivity index (χ0n) is 45.9. The Balaban J connectivity index is 0.874. The van der Waals surface area contributed by atoms with Crippen LogP contribution in [0.2, 0.25) is 0 Å². The Morgan fingerprint density at radius 2 is 1.50 bits per heavy atom. The minimum Gasteiger partial charge on any atom is -0.458 e. The first-order chi connectivity index (χ1) is 38.3. The molecule has 24 heteroatoms. The largest absolute Gasteiger partial charge is 0.458 e. The Kier molecular flexibility index (Phi) is 22.5. The number of fused-ring (bicyclic) bond motifs is 1. The standard InChI is InChI=1S/C56H73N11O13/c1-33(2)28-42(51(73)59-38(29-37-25-26-57-50(37)72)21-24-46(70)79-31-36-16-11-10-12-17-36)61-53(75)48(34(3)4)63-49(71)35(5)58-56(78)80-32-39-30-66(65-64-39)27-14-9-7-6-8-13-20-44(68)60-41-19-15-18-40-47(41)55(77)67(54(40)76)43-22-23-45(69)62-52(43)74/h10-12,15-19,21,24,30,33-35,37-38,42-43,48H,6-9,13-14,20,22-23,25-29,31-32H2,1-5H3,(H,57,72)(H,58,78)(H,59,73)(H,60,68)(H,61,75)(H,63,71)(H,62,69,74)/b24-21+/t35-,37-,38+,42-,43?,48-/m0/s1. The Morgan fingerprint density at radius 3 is 2.20 bits per heavy atom. The maximum atomic E-state index is 13.9. The molecular weight excluding hydrogens is 1030 g/mol. The maximum absolute atomic E-state index is 13.9. The maximum Gasteiger partial charge on any atom is 0.408 e. The Bertz CT molecular complexity index is 2780. The van der Waals surface area contributed by atoms with E-state index < -0.39 is 95.5 Å². The highest BCUT2D eigenvalue weighted by atomic mass is 16.5. The SMILES string of the molecule is CC(C)C[C@H](NC(=O)[C@@H](NC(=O)[C@H](C)NC(=O)OCc1cn(CCCCCCCCC(=O)Nc2cccc3c2C(=O)N(C2CCC(=O)NC2=O)C3=O)nn1)C(C)C)C(=O)N[C@H](/C=C/C(=O)OCc1ccccc1)C[C@@H]1CCNC1=O. The monoisotopic (exact) mass is 1110 g/mol. The molecule has 6 atom stereocenters. The van der Waals surface area contributed by atoms with E-state index in [2.05, 4.69) is 47.5 Å². The summed E-state index contributed by atoms with van der Waals surface area (Å²) in [4.78, 5) is 143. The van der Waals surface area contributed by atoms with Gasteiger partial charge in [0, 0.05) is 44.0 Å². The predicted molar refractivity (Wildman–Crippen MR) is 288 cm³/mol. The van der Waals surface area contributed by atoms with E-state index in [0.29, 0.717) is 31.6 Å². The van der Waals surface area contributed by atoms with E-state index >= 15 is 0 Å². The van der Waals surface area contributed by atoms with E-state index in [0.717, 1.165) is 42.6 Å². The van der Waals surface area contributed by atoms with Crippen LogP contribution in [-0.2, 0) is 67.6 Å². The first-order valence-electron chi connectivity index (χ1n) is 27.3. The van der Waals surface area contributed by atoms with Gasteiger partial charge in [0.25, 0.3) is 11.8 Å². The van der Waals surface area contributed by atoms with Crippen LogP contribution in [0.15, 0.2) is 66.9 Å². The second-order valence-corrected chi connectivity index (χ2v) is 21.0.